The van der Waals surface area contributed by atoms with Gasteiger partial charge in [0, 0.05) is 22.1 Å². The predicted molar refractivity (Wildman–Crippen MR) is 70.3 cm³/mol. The highest BCUT2D eigenvalue weighted by Gasteiger charge is 2.05. The Balaban J connectivity index is 2.67. The van der Waals surface area contributed by atoms with Crippen LogP contribution in [-0.2, 0) is 0 Å². The number of hydrogen-bond acceptors (Lipinski definition) is 2. The maximum absolute atomic E-state index is 6.04. The van der Waals surface area contributed by atoms with Gasteiger partial charge >= 0.3 is 0 Å². The van der Waals surface area contributed by atoms with Crippen molar-refractivity contribution in [1.29, 1.82) is 0 Å². The Morgan fingerprint density at radius 3 is 2.31 bits per heavy atom. The first kappa shape index (κ1) is 9.04. The summed E-state index contributed by atoms with van der Waals surface area (Å²) in [6.07, 6.45) is 0. The normalized spacial score (nSPS) is 11.0. The minimum atomic E-state index is 0.779. The van der Waals surface area contributed by atoms with Crippen LogP contribution in [0.1, 0.15) is 0 Å². The molecule has 0 aliphatic carbocycles. The molecule has 0 fully saturated rings. The molecule has 0 amide bonds. The summed E-state index contributed by atoms with van der Waals surface area (Å²) in [6.45, 7) is 0. The molecule has 0 saturated heterocycles. The third-order valence-corrected chi connectivity index (χ3v) is 2.95. The largest absolute Gasteiger partial charge is 0.398 e. The standard InChI is InChI=1S/C14H12N2/c15-12-7-3-6-11-13(16)8-9-4-1-2-5-10(9)14(11)12/h1-8H,15-16H2. The lowest BCUT2D eigenvalue weighted by Crippen LogP contribution is -1.92. The van der Waals surface area contributed by atoms with Crippen LogP contribution in [-0.4, -0.2) is 0 Å². The molecule has 0 heterocycles. The third-order valence-electron chi connectivity index (χ3n) is 2.95. The smallest absolute Gasteiger partial charge is 0.0400 e. The van der Waals surface area contributed by atoms with Crippen LogP contribution in [0.4, 0.5) is 11.4 Å². The summed E-state index contributed by atoms with van der Waals surface area (Å²) in [5, 5.41) is 4.37. The van der Waals surface area contributed by atoms with Crippen molar-refractivity contribution in [2.24, 2.45) is 0 Å². The molecule has 0 radical (unpaired) electrons. The van der Waals surface area contributed by atoms with E-state index in [-0.39, 0.29) is 0 Å². The molecule has 0 saturated carbocycles. The van der Waals surface area contributed by atoms with E-state index in [2.05, 4.69) is 12.1 Å². The molecule has 3 aromatic carbocycles. The van der Waals surface area contributed by atoms with E-state index in [4.69, 9.17) is 11.5 Å². The zero-order chi connectivity index (χ0) is 11.1. The molecule has 0 atom stereocenters. The SMILES string of the molecule is Nc1cc2ccccc2c2c(N)cccc12. The average Bonchev–Trinajstić information content (AvgIpc) is 2.30. The second-order valence-electron chi connectivity index (χ2n) is 3.96. The predicted octanol–water partition coefficient (Wildman–Crippen LogP) is 3.16. The number of benzene rings is 3. The molecule has 78 valence electrons. The van der Waals surface area contributed by atoms with E-state index in [9.17, 15) is 0 Å². The highest BCUT2D eigenvalue weighted by molar-refractivity contribution is 6.17. The first-order chi connectivity index (χ1) is 7.77. The number of rotatable bonds is 0. The van der Waals surface area contributed by atoms with E-state index in [1.54, 1.807) is 0 Å². The van der Waals surface area contributed by atoms with Gasteiger partial charge in [0.25, 0.3) is 0 Å². The van der Waals surface area contributed by atoms with Gasteiger partial charge < -0.3 is 11.5 Å². The van der Waals surface area contributed by atoms with Gasteiger partial charge in [0.15, 0.2) is 0 Å². The fourth-order valence-electron chi connectivity index (χ4n) is 2.21. The lowest BCUT2D eigenvalue weighted by Gasteiger charge is -2.09. The monoisotopic (exact) mass is 208 g/mol. The Bertz CT molecular complexity index is 687. The van der Waals surface area contributed by atoms with Crippen LogP contribution in [0.3, 0.4) is 0 Å². The Morgan fingerprint density at radius 2 is 1.44 bits per heavy atom. The van der Waals surface area contributed by atoms with Crippen molar-refractivity contribution < 1.29 is 0 Å². The fraction of sp³-hybridized carbons (Fsp3) is 0. The number of anilines is 2. The molecular weight excluding hydrogens is 196 g/mol. The quantitative estimate of drug-likeness (QED) is 0.440. The second-order valence-corrected chi connectivity index (χ2v) is 3.96. The van der Waals surface area contributed by atoms with E-state index >= 15 is 0 Å². The minimum Gasteiger partial charge on any atom is -0.398 e. The average molecular weight is 208 g/mol. The molecule has 0 aromatic heterocycles. The molecule has 3 rings (SSSR count). The molecule has 0 unspecified atom stereocenters. The molecule has 2 nitrogen and oxygen atoms in total. The fourth-order valence-corrected chi connectivity index (χ4v) is 2.21. The maximum Gasteiger partial charge on any atom is 0.0400 e. The number of hydrogen-bond donors (Lipinski definition) is 2. The van der Waals surface area contributed by atoms with Crippen molar-refractivity contribution >= 4 is 32.9 Å². The molecule has 0 bridgehead atoms. The van der Waals surface area contributed by atoms with Gasteiger partial charge in [-0.1, -0.05) is 36.4 Å². The first-order valence-electron chi connectivity index (χ1n) is 5.23. The van der Waals surface area contributed by atoms with Crippen LogP contribution < -0.4 is 11.5 Å². The van der Waals surface area contributed by atoms with Crippen molar-refractivity contribution in [3.63, 3.8) is 0 Å². The number of nitrogen functional groups attached to an aromatic ring is 2. The molecule has 16 heavy (non-hydrogen) atoms. The summed E-state index contributed by atoms with van der Waals surface area (Å²) in [4.78, 5) is 0. The lowest BCUT2D eigenvalue weighted by molar-refractivity contribution is 1.73. The van der Waals surface area contributed by atoms with Gasteiger partial charge in [0.2, 0.25) is 0 Å². The summed E-state index contributed by atoms with van der Waals surface area (Å²) in [5.41, 5.74) is 13.6. The first-order valence-corrected chi connectivity index (χ1v) is 5.23. The van der Waals surface area contributed by atoms with Crippen molar-refractivity contribution in [3.05, 3.63) is 48.5 Å². The topological polar surface area (TPSA) is 52.0 Å². The molecule has 4 N–H and O–H groups in total. The molecule has 0 aliphatic heterocycles. The minimum absolute atomic E-state index is 0.779. The lowest BCUT2D eigenvalue weighted by atomic mass is 9.99. The van der Waals surface area contributed by atoms with Crippen LogP contribution in [0.25, 0.3) is 21.5 Å². The van der Waals surface area contributed by atoms with Crippen LogP contribution in [0.2, 0.25) is 0 Å². The molecule has 0 spiro atoms. The van der Waals surface area contributed by atoms with Gasteiger partial charge in [0.1, 0.15) is 0 Å². The van der Waals surface area contributed by atoms with Gasteiger partial charge in [-0.15, -0.1) is 0 Å². The van der Waals surface area contributed by atoms with Crippen LogP contribution in [0.15, 0.2) is 48.5 Å². The van der Waals surface area contributed by atoms with E-state index in [0.717, 1.165) is 32.9 Å². The van der Waals surface area contributed by atoms with Crippen molar-refractivity contribution in [2.75, 3.05) is 11.5 Å². The summed E-state index contributed by atoms with van der Waals surface area (Å²) < 4.78 is 0. The van der Waals surface area contributed by atoms with Crippen molar-refractivity contribution in [1.82, 2.24) is 0 Å². The summed E-state index contributed by atoms with van der Waals surface area (Å²) in [5.74, 6) is 0. The van der Waals surface area contributed by atoms with Crippen molar-refractivity contribution in [3.8, 4) is 0 Å². The Hall–Kier alpha value is -2.22. The number of nitrogens with two attached hydrogens (primary N) is 2. The zero-order valence-corrected chi connectivity index (χ0v) is 8.77. The van der Waals surface area contributed by atoms with Gasteiger partial charge in [-0.2, -0.15) is 0 Å². The van der Waals surface area contributed by atoms with Gasteiger partial charge in [0.05, 0.1) is 0 Å². The zero-order valence-electron chi connectivity index (χ0n) is 8.77. The van der Waals surface area contributed by atoms with E-state index in [1.165, 1.54) is 0 Å². The van der Waals surface area contributed by atoms with Crippen molar-refractivity contribution in [2.45, 2.75) is 0 Å². The van der Waals surface area contributed by atoms with Crippen LogP contribution in [0.5, 0.6) is 0 Å². The highest BCUT2D eigenvalue weighted by Crippen LogP contribution is 2.33. The molecule has 2 heteroatoms. The van der Waals surface area contributed by atoms with Crippen LogP contribution >= 0.6 is 0 Å². The Kier molecular flexibility index (Phi) is 1.77. The maximum atomic E-state index is 6.04. The summed E-state index contributed by atoms with van der Waals surface area (Å²) in [6, 6.07) is 16.0. The van der Waals surface area contributed by atoms with Gasteiger partial charge in [-0.25, -0.2) is 0 Å². The molecular formula is C14H12N2. The summed E-state index contributed by atoms with van der Waals surface area (Å²) >= 11 is 0. The Labute approximate surface area is 93.5 Å². The van der Waals surface area contributed by atoms with Gasteiger partial charge in [-0.05, 0) is 22.9 Å². The van der Waals surface area contributed by atoms with Crippen LogP contribution in [0, 0.1) is 0 Å². The highest BCUT2D eigenvalue weighted by atomic mass is 14.6. The number of fused-ring (bicyclic) bond motifs is 3. The third kappa shape index (κ3) is 1.13. The second kappa shape index (κ2) is 3.14. The molecule has 0 aliphatic rings. The van der Waals surface area contributed by atoms with E-state index in [0.29, 0.717) is 0 Å². The molecule has 3 aromatic rings. The summed E-state index contributed by atoms with van der Waals surface area (Å²) in [7, 11) is 0. The van der Waals surface area contributed by atoms with E-state index < -0.39 is 0 Å². The van der Waals surface area contributed by atoms with E-state index in [1.807, 2.05) is 36.4 Å². The Morgan fingerprint density at radius 1 is 0.688 bits per heavy atom. The van der Waals surface area contributed by atoms with Gasteiger partial charge in [-0.3, -0.25) is 0 Å².